The lowest BCUT2D eigenvalue weighted by molar-refractivity contribution is 0.145. The van der Waals surface area contributed by atoms with Crippen molar-refractivity contribution in [3.8, 4) is 11.5 Å². The molecule has 1 aliphatic rings. The van der Waals surface area contributed by atoms with E-state index in [0.29, 0.717) is 12.4 Å². The summed E-state index contributed by atoms with van der Waals surface area (Å²) in [5.41, 5.74) is 2.16. The fourth-order valence-corrected chi connectivity index (χ4v) is 2.25. The van der Waals surface area contributed by atoms with Crippen LogP contribution in [0.15, 0.2) is 42.5 Å². The highest BCUT2D eigenvalue weighted by atomic mass is 19.1. The highest BCUT2D eigenvalue weighted by Gasteiger charge is 2.23. The van der Waals surface area contributed by atoms with Gasteiger partial charge < -0.3 is 9.47 Å². The lowest BCUT2D eigenvalue weighted by atomic mass is 10.1. The number of hydrogen-bond donors (Lipinski definition) is 0. The van der Waals surface area contributed by atoms with Gasteiger partial charge in [0.25, 0.3) is 0 Å². The molecule has 0 fully saturated rings. The largest absolute Gasteiger partial charge is 0.487 e. The van der Waals surface area contributed by atoms with Gasteiger partial charge in [-0.15, -0.1) is 0 Å². The standard InChI is InChI=1S/C16H15FO2/c1-11-6-7-14(17)16(8-11)18-10-13-9-12-4-2-3-5-15(12)19-13/h2-8,13H,9-10H2,1H3. The summed E-state index contributed by atoms with van der Waals surface area (Å²) in [6.45, 7) is 2.27. The van der Waals surface area contributed by atoms with E-state index in [1.54, 1.807) is 12.1 Å². The minimum Gasteiger partial charge on any atom is -0.487 e. The molecule has 0 spiro atoms. The summed E-state index contributed by atoms with van der Waals surface area (Å²) >= 11 is 0. The van der Waals surface area contributed by atoms with E-state index in [4.69, 9.17) is 9.47 Å². The predicted molar refractivity (Wildman–Crippen MR) is 71.2 cm³/mol. The second-order valence-corrected chi connectivity index (χ2v) is 4.80. The molecule has 2 aromatic rings. The molecule has 1 aliphatic heterocycles. The average molecular weight is 258 g/mol. The molecule has 2 nitrogen and oxygen atoms in total. The zero-order chi connectivity index (χ0) is 13.2. The Labute approximate surface area is 111 Å². The molecule has 0 N–H and O–H groups in total. The monoisotopic (exact) mass is 258 g/mol. The molecule has 0 aromatic heterocycles. The molecular weight excluding hydrogens is 243 g/mol. The zero-order valence-electron chi connectivity index (χ0n) is 10.7. The average Bonchev–Trinajstić information content (AvgIpc) is 2.82. The Kier molecular flexibility index (Phi) is 3.11. The minimum atomic E-state index is -0.332. The van der Waals surface area contributed by atoms with Crippen LogP contribution < -0.4 is 9.47 Å². The summed E-state index contributed by atoms with van der Waals surface area (Å²) in [7, 11) is 0. The van der Waals surface area contributed by atoms with Crippen LogP contribution in [0.5, 0.6) is 11.5 Å². The molecule has 0 radical (unpaired) electrons. The molecule has 1 unspecified atom stereocenters. The van der Waals surface area contributed by atoms with Gasteiger partial charge in [-0.1, -0.05) is 24.3 Å². The zero-order valence-corrected chi connectivity index (χ0v) is 10.7. The maximum absolute atomic E-state index is 13.5. The highest BCUT2D eigenvalue weighted by Crippen LogP contribution is 2.28. The third-order valence-electron chi connectivity index (χ3n) is 3.23. The summed E-state index contributed by atoms with van der Waals surface area (Å²) in [6.07, 6.45) is 0.765. The van der Waals surface area contributed by atoms with Crippen LogP contribution in [-0.4, -0.2) is 12.7 Å². The van der Waals surface area contributed by atoms with Gasteiger partial charge in [0.2, 0.25) is 0 Å². The van der Waals surface area contributed by atoms with E-state index in [1.807, 2.05) is 31.2 Å². The second kappa shape index (κ2) is 4.92. The quantitative estimate of drug-likeness (QED) is 0.838. The maximum Gasteiger partial charge on any atom is 0.165 e. The van der Waals surface area contributed by atoms with Crippen molar-refractivity contribution in [2.75, 3.05) is 6.61 Å². The van der Waals surface area contributed by atoms with Crippen LogP contribution in [0.25, 0.3) is 0 Å². The molecule has 2 aromatic carbocycles. The van der Waals surface area contributed by atoms with Gasteiger partial charge in [-0.25, -0.2) is 4.39 Å². The molecular formula is C16H15FO2. The third kappa shape index (κ3) is 2.55. The molecule has 1 atom stereocenters. The molecule has 3 rings (SSSR count). The topological polar surface area (TPSA) is 18.5 Å². The smallest absolute Gasteiger partial charge is 0.165 e. The van der Waals surface area contributed by atoms with Crippen LogP contribution in [0.4, 0.5) is 4.39 Å². The lowest BCUT2D eigenvalue weighted by Crippen LogP contribution is -2.22. The van der Waals surface area contributed by atoms with E-state index in [1.165, 1.54) is 11.6 Å². The first kappa shape index (κ1) is 12.0. The van der Waals surface area contributed by atoms with Gasteiger partial charge in [0, 0.05) is 6.42 Å². The van der Waals surface area contributed by atoms with Crippen molar-refractivity contribution in [3.63, 3.8) is 0 Å². The molecule has 98 valence electrons. The highest BCUT2D eigenvalue weighted by molar-refractivity contribution is 5.37. The summed E-state index contributed by atoms with van der Waals surface area (Å²) in [4.78, 5) is 0. The van der Waals surface area contributed by atoms with Crippen LogP contribution >= 0.6 is 0 Å². The Morgan fingerprint density at radius 1 is 1.26 bits per heavy atom. The van der Waals surface area contributed by atoms with Crippen molar-refractivity contribution in [2.45, 2.75) is 19.4 Å². The number of benzene rings is 2. The molecule has 0 saturated heterocycles. The maximum atomic E-state index is 13.5. The van der Waals surface area contributed by atoms with Crippen molar-refractivity contribution in [2.24, 2.45) is 0 Å². The number of hydrogen-bond acceptors (Lipinski definition) is 2. The molecule has 1 heterocycles. The Morgan fingerprint density at radius 2 is 2.11 bits per heavy atom. The normalized spacial score (nSPS) is 16.8. The number of fused-ring (bicyclic) bond motifs is 1. The Bertz CT molecular complexity index is 570. The van der Waals surface area contributed by atoms with Gasteiger partial charge in [-0.05, 0) is 36.2 Å². The molecule has 3 heteroatoms. The Morgan fingerprint density at radius 3 is 2.95 bits per heavy atom. The molecule has 0 amide bonds. The fourth-order valence-electron chi connectivity index (χ4n) is 2.25. The summed E-state index contributed by atoms with van der Waals surface area (Å²) < 4.78 is 24.8. The molecule has 0 bridgehead atoms. The summed E-state index contributed by atoms with van der Waals surface area (Å²) in [5, 5.41) is 0. The number of halogens is 1. The van der Waals surface area contributed by atoms with Gasteiger partial charge in [-0.3, -0.25) is 0 Å². The number of rotatable bonds is 3. The molecule has 0 saturated carbocycles. The SMILES string of the molecule is Cc1ccc(F)c(OCC2Cc3ccccc3O2)c1. The minimum absolute atomic E-state index is 0.0442. The van der Waals surface area contributed by atoms with Crippen LogP contribution in [0.1, 0.15) is 11.1 Å². The van der Waals surface area contributed by atoms with Crippen LogP contribution in [0.2, 0.25) is 0 Å². The van der Waals surface area contributed by atoms with E-state index in [0.717, 1.165) is 17.7 Å². The first-order chi connectivity index (χ1) is 9.22. The van der Waals surface area contributed by atoms with Crippen LogP contribution in [0.3, 0.4) is 0 Å². The first-order valence-corrected chi connectivity index (χ1v) is 6.36. The lowest BCUT2D eigenvalue weighted by Gasteiger charge is -2.13. The summed E-state index contributed by atoms with van der Waals surface area (Å²) in [6, 6.07) is 12.8. The Hall–Kier alpha value is -2.03. The van der Waals surface area contributed by atoms with E-state index < -0.39 is 0 Å². The van der Waals surface area contributed by atoms with Crippen molar-refractivity contribution in [3.05, 3.63) is 59.4 Å². The van der Waals surface area contributed by atoms with Crippen LogP contribution in [0, 0.1) is 12.7 Å². The van der Waals surface area contributed by atoms with Gasteiger partial charge in [0.15, 0.2) is 11.6 Å². The van der Waals surface area contributed by atoms with Gasteiger partial charge in [-0.2, -0.15) is 0 Å². The van der Waals surface area contributed by atoms with E-state index in [2.05, 4.69) is 0 Å². The van der Waals surface area contributed by atoms with Crippen molar-refractivity contribution in [1.29, 1.82) is 0 Å². The van der Waals surface area contributed by atoms with Gasteiger partial charge in [0.05, 0.1) is 0 Å². The van der Waals surface area contributed by atoms with E-state index in [9.17, 15) is 4.39 Å². The van der Waals surface area contributed by atoms with Gasteiger partial charge in [0.1, 0.15) is 18.5 Å². The number of aryl methyl sites for hydroxylation is 1. The van der Waals surface area contributed by atoms with E-state index in [-0.39, 0.29) is 11.9 Å². The fraction of sp³-hybridized carbons (Fsp3) is 0.250. The van der Waals surface area contributed by atoms with E-state index >= 15 is 0 Å². The Balaban J connectivity index is 1.64. The van der Waals surface area contributed by atoms with Crippen molar-refractivity contribution < 1.29 is 13.9 Å². The number of ether oxygens (including phenoxy) is 2. The molecule has 0 aliphatic carbocycles. The number of para-hydroxylation sites is 1. The van der Waals surface area contributed by atoms with Crippen LogP contribution in [-0.2, 0) is 6.42 Å². The second-order valence-electron chi connectivity index (χ2n) is 4.80. The third-order valence-corrected chi connectivity index (χ3v) is 3.23. The van der Waals surface area contributed by atoms with Crippen molar-refractivity contribution in [1.82, 2.24) is 0 Å². The van der Waals surface area contributed by atoms with Gasteiger partial charge >= 0.3 is 0 Å². The summed E-state index contributed by atoms with van der Waals surface area (Å²) in [5.74, 6) is 0.862. The van der Waals surface area contributed by atoms with Crippen molar-refractivity contribution >= 4 is 0 Å². The molecule has 19 heavy (non-hydrogen) atoms. The first-order valence-electron chi connectivity index (χ1n) is 6.36. The predicted octanol–water partition coefficient (Wildman–Crippen LogP) is 3.52.